The van der Waals surface area contributed by atoms with Gasteiger partial charge >= 0.3 is 0 Å². The lowest BCUT2D eigenvalue weighted by molar-refractivity contribution is -0.149. The van der Waals surface area contributed by atoms with E-state index < -0.39 is 0 Å². The maximum Gasteiger partial charge on any atom is 0.241 e. The fourth-order valence-corrected chi connectivity index (χ4v) is 4.36. The van der Waals surface area contributed by atoms with Gasteiger partial charge < -0.3 is 15.0 Å². The van der Waals surface area contributed by atoms with Crippen molar-refractivity contribution in [2.45, 2.75) is 51.9 Å². The van der Waals surface area contributed by atoms with Crippen LogP contribution in [0.4, 0.5) is 5.69 Å². The van der Waals surface area contributed by atoms with Crippen LogP contribution in [-0.2, 0) is 14.3 Å². The van der Waals surface area contributed by atoms with E-state index in [4.69, 9.17) is 4.74 Å². The number of morpholine rings is 1. The average Bonchev–Trinajstić information content (AvgIpc) is 2.68. The predicted octanol–water partition coefficient (Wildman–Crippen LogP) is 3.12. The van der Waals surface area contributed by atoms with Crippen LogP contribution in [0, 0.1) is 5.92 Å². The van der Waals surface area contributed by atoms with E-state index in [0.29, 0.717) is 13.1 Å². The molecule has 0 aromatic heterocycles. The summed E-state index contributed by atoms with van der Waals surface area (Å²) in [5.41, 5.74) is 0.792. The molecule has 28 heavy (non-hydrogen) atoms. The molecule has 1 aromatic carbocycles. The number of likely N-dealkylation sites (tertiary alicyclic amines) is 1. The van der Waals surface area contributed by atoms with Crippen LogP contribution in [0.5, 0.6) is 0 Å². The lowest BCUT2D eigenvalue weighted by Crippen LogP contribution is -2.52. The summed E-state index contributed by atoms with van der Waals surface area (Å²) in [6, 6.07) is 7.35. The second kappa shape index (κ2) is 9.37. The number of anilines is 1. The van der Waals surface area contributed by atoms with Gasteiger partial charge in [0, 0.05) is 29.2 Å². The largest absolute Gasteiger partial charge is 0.372 e. The smallest absolute Gasteiger partial charge is 0.241 e. The van der Waals surface area contributed by atoms with Crippen LogP contribution >= 0.6 is 15.9 Å². The molecular formula is C21H30BrN3O3. The van der Waals surface area contributed by atoms with Crippen LogP contribution in [0.1, 0.15) is 33.6 Å². The monoisotopic (exact) mass is 451 g/mol. The highest BCUT2D eigenvalue weighted by molar-refractivity contribution is 9.10. The molecule has 0 aliphatic carbocycles. The maximum atomic E-state index is 12.9. The van der Waals surface area contributed by atoms with E-state index in [-0.39, 0.29) is 36.0 Å². The maximum absolute atomic E-state index is 12.9. The van der Waals surface area contributed by atoms with Crippen LogP contribution in [0.15, 0.2) is 28.7 Å². The number of carbonyl (C=O) groups excluding carboxylic acids is 2. The number of carbonyl (C=O) groups is 2. The minimum Gasteiger partial charge on any atom is -0.372 e. The van der Waals surface area contributed by atoms with Gasteiger partial charge in [-0.1, -0.05) is 15.9 Å². The molecule has 0 saturated carbocycles. The Morgan fingerprint density at radius 2 is 1.68 bits per heavy atom. The first kappa shape index (κ1) is 21.3. The molecule has 2 aliphatic heterocycles. The molecule has 3 atom stereocenters. The Kier molecular flexibility index (Phi) is 7.12. The Labute approximate surface area is 175 Å². The Bertz CT molecular complexity index is 679. The van der Waals surface area contributed by atoms with Gasteiger partial charge in [-0.05, 0) is 71.0 Å². The number of amides is 2. The van der Waals surface area contributed by atoms with Crippen LogP contribution in [0.2, 0.25) is 0 Å². The minimum absolute atomic E-state index is 0.0112. The average molecular weight is 452 g/mol. The summed E-state index contributed by atoms with van der Waals surface area (Å²) in [6.07, 6.45) is 1.79. The molecule has 2 heterocycles. The molecule has 6 nitrogen and oxygen atoms in total. The third-order valence-corrected chi connectivity index (χ3v) is 6.18. The van der Waals surface area contributed by atoms with Crippen molar-refractivity contribution in [3.63, 3.8) is 0 Å². The lowest BCUT2D eigenvalue weighted by atomic mass is 9.93. The molecule has 2 fully saturated rings. The van der Waals surface area contributed by atoms with E-state index in [9.17, 15) is 9.59 Å². The first-order valence-electron chi connectivity index (χ1n) is 10.1. The number of nitrogens with one attached hydrogen (secondary N) is 1. The topological polar surface area (TPSA) is 61.9 Å². The van der Waals surface area contributed by atoms with Gasteiger partial charge in [-0.2, -0.15) is 0 Å². The predicted molar refractivity (Wildman–Crippen MR) is 113 cm³/mol. The van der Waals surface area contributed by atoms with Gasteiger partial charge in [0.25, 0.3) is 0 Å². The quantitative estimate of drug-likeness (QED) is 0.763. The highest BCUT2D eigenvalue weighted by Gasteiger charge is 2.34. The summed E-state index contributed by atoms with van der Waals surface area (Å²) in [6.45, 7) is 8.85. The Balaban J connectivity index is 1.49. The minimum atomic E-state index is -0.219. The second-order valence-corrected chi connectivity index (χ2v) is 8.90. The summed E-state index contributed by atoms with van der Waals surface area (Å²) < 4.78 is 6.72. The number of nitrogens with zero attached hydrogens (tertiary/aromatic N) is 2. The Morgan fingerprint density at radius 1 is 1.11 bits per heavy atom. The zero-order valence-electron chi connectivity index (χ0n) is 16.9. The SMILES string of the molecule is CC1CN(C(=O)C2CCN(C(C)C(=O)Nc3ccc(Br)cc3)CC2)CC(C)O1. The molecule has 7 heteroatoms. The van der Waals surface area contributed by atoms with E-state index in [1.165, 1.54) is 0 Å². The number of benzene rings is 1. The third-order valence-electron chi connectivity index (χ3n) is 5.65. The summed E-state index contributed by atoms with van der Waals surface area (Å²) in [4.78, 5) is 29.6. The van der Waals surface area contributed by atoms with Crippen molar-refractivity contribution in [2.75, 3.05) is 31.5 Å². The molecular weight excluding hydrogens is 422 g/mol. The molecule has 154 valence electrons. The standard InChI is InChI=1S/C21H30BrN3O3/c1-14-12-25(13-15(2)28-14)21(27)17-8-10-24(11-9-17)16(3)20(26)23-19-6-4-18(22)5-7-19/h4-7,14-17H,8-13H2,1-3H3,(H,23,26). The van der Waals surface area contributed by atoms with Crippen molar-refractivity contribution in [3.05, 3.63) is 28.7 Å². The third kappa shape index (κ3) is 5.33. The van der Waals surface area contributed by atoms with Crippen LogP contribution < -0.4 is 5.32 Å². The summed E-state index contributed by atoms with van der Waals surface area (Å²) in [5, 5.41) is 2.97. The van der Waals surface area contributed by atoms with Crippen molar-refractivity contribution in [1.29, 1.82) is 0 Å². The van der Waals surface area contributed by atoms with Gasteiger partial charge in [0.05, 0.1) is 18.2 Å². The van der Waals surface area contributed by atoms with Gasteiger partial charge in [0.1, 0.15) is 0 Å². The molecule has 0 radical (unpaired) electrons. The summed E-state index contributed by atoms with van der Waals surface area (Å²) in [7, 11) is 0. The molecule has 1 aromatic rings. The number of piperidine rings is 1. The molecule has 2 aliphatic rings. The van der Waals surface area contributed by atoms with Gasteiger partial charge in [-0.3, -0.25) is 14.5 Å². The van der Waals surface area contributed by atoms with Crippen LogP contribution in [0.25, 0.3) is 0 Å². The van der Waals surface area contributed by atoms with Crippen molar-refractivity contribution >= 4 is 33.4 Å². The van der Waals surface area contributed by atoms with Gasteiger partial charge in [-0.15, -0.1) is 0 Å². The number of hydrogen-bond donors (Lipinski definition) is 1. The summed E-state index contributed by atoms with van der Waals surface area (Å²) in [5.74, 6) is 0.284. The zero-order valence-corrected chi connectivity index (χ0v) is 18.4. The normalized spacial score (nSPS) is 25.4. The number of hydrogen-bond acceptors (Lipinski definition) is 4. The number of ether oxygens (including phenoxy) is 1. The molecule has 0 spiro atoms. The molecule has 3 unspecified atom stereocenters. The van der Waals surface area contributed by atoms with Gasteiger partial charge in [0.2, 0.25) is 11.8 Å². The number of rotatable bonds is 4. The fraction of sp³-hybridized carbons (Fsp3) is 0.619. The van der Waals surface area contributed by atoms with E-state index in [1.54, 1.807) is 0 Å². The van der Waals surface area contributed by atoms with Crippen LogP contribution in [0.3, 0.4) is 0 Å². The van der Waals surface area contributed by atoms with E-state index >= 15 is 0 Å². The Morgan fingerprint density at radius 3 is 2.25 bits per heavy atom. The molecule has 3 rings (SSSR count). The van der Waals surface area contributed by atoms with Crippen molar-refractivity contribution in [1.82, 2.24) is 9.80 Å². The van der Waals surface area contributed by atoms with E-state index in [1.807, 2.05) is 49.9 Å². The molecule has 2 amide bonds. The second-order valence-electron chi connectivity index (χ2n) is 7.98. The fourth-order valence-electron chi connectivity index (χ4n) is 4.10. The van der Waals surface area contributed by atoms with E-state index in [2.05, 4.69) is 26.1 Å². The molecule has 2 saturated heterocycles. The van der Waals surface area contributed by atoms with Crippen molar-refractivity contribution in [3.8, 4) is 0 Å². The number of halogens is 1. The van der Waals surface area contributed by atoms with Crippen LogP contribution in [-0.4, -0.2) is 66.0 Å². The highest BCUT2D eigenvalue weighted by Crippen LogP contribution is 2.24. The van der Waals surface area contributed by atoms with Gasteiger partial charge in [0.15, 0.2) is 0 Å². The Hall–Kier alpha value is -1.44. The lowest BCUT2D eigenvalue weighted by Gasteiger charge is -2.40. The molecule has 1 N–H and O–H groups in total. The highest BCUT2D eigenvalue weighted by atomic mass is 79.9. The van der Waals surface area contributed by atoms with E-state index in [0.717, 1.165) is 36.1 Å². The zero-order chi connectivity index (χ0) is 20.3. The first-order chi connectivity index (χ1) is 13.3. The van der Waals surface area contributed by atoms with Crippen molar-refractivity contribution < 1.29 is 14.3 Å². The van der Waals surface area contributed by atoms with Crippen molar-refractivity contribution in [2.24, 2.45) is 5.92 Å². The first-order valence-corrected chi connectivity index (χ1v) is 10.9. The molecule has 0 bridgehead atoms. The summed E-state index contributed by atoms with van der Waals surface area (Å²) >= 11 is 3.40. The van der Waals surface area contributed by atoms with Gasteiger partial charge in [-0.25, -0.2) is 0 Å².